The van der Waals surface area contributed by atoms with E-state index >= 15 is 0 Å². The number of rotatable bonds is 6. The summed E-state index contributed by atoms with van der Waals surface area (Å²) >= 11 is 0. The number of amides is 2. The van der Waals surface area contributed by atoms with E-state index in [4.69, 9.17) is 9.40 Å². The largest absolute Gasteiger partial charge is 0.438 e. The molecule has 0 fully saturated rings. The number of nitrogens with zero attached hydrogens (tertiary/aromatic N) is 6. The molecule has 3 N–H and O–H groups in total. The second kappa shape index (κ2) is 9.70. The second-order valence-electron chi connectivity index (χ2n) is 10.1. The van der Waals surface area contributed by atoms with E-state index in [1.165, 1.54) is 12.6 Å². The van der Waals surface area contributed by atoms with Crippen LogP contribution in [0.4, 0.5) is 23.1 Å². The maximum absolute atomic E-state index is 13.6. The van der Waals surface area contributed by atoms with Gasteiger partial charge >= 0.3 is 0 Å². The Labute approximate surface area is 239 Å². The number of H-pyrrole nitrogens is 1. The predicted octanol–water partition coefficient (Wildman–Crippen LogP) is 5.12. The molecule has 0 aliphatic carbocycles. The first kappa shape index (κ1) is 25.2. The lowest BCUT2D eigenvalue weighted by Gasteiger charge is -2.17. The molecule has 208 valence electrons. The summed E-state index contributed by atoms with van der Waals surface area (Å²) in [5.41, 5.74) is 6.89. The topological polar surface area (TPSA) is 147 Å². The first-order chi connectivity index (χ1) is 20.4. The number of aromatic amines is 1. The van der Waals surface area contributed by atoms with Gasteiger partial charge in [-0.1, -0.05) is 18.2 Å². The molecule has 0 saturated carbocycles. The minimum absolute atomic E-state index is 0.0889. The van der Waals surface area contributed by atoms with Crippen LogP contribution in [-0.4, -0.2) is 41.5 Å². The summed E-state index contributed by atoms with van der Waals surface area (Å²) < 4.78 is 6.90. The van der Waals surface area contributed by atoms with E-state index in [1.54, 1.807) is 34.0 Å². The first-order valence-electron chi connectivity index (χ1n) is 13.2. The fraction of sp³-hybridized carbons (Fsp3) is 0.133. The number of hydrogen-bond acceptors (Lipinski definition) is 8. The Morgan fingerprint density at radius 2 is 1.95 bits per heavy atom. The molecule has 0 saturated heterocycles. The second-order valence-corrected chi connectivity index (χ2v) is 10.1. The lowest BCUT2D eigenvalue weighted by molar-refractivity contribution is 0.0988. The van der Waals surface area contributed by atoms with Gasteiger partial charge in [0.15, 0.2) is 12.2 Å². The smallest absolute Gasteiger partial charge is 0.293 e. The van der Waals surface area contributed by atoms with Crippen LogP contribution in [0.15, 0.2) is 71.9 Å². The summed E-state index contributed by atoms with van der Waals surface area (Å²) in [7, 11) is 1.88. The molecule has 2 amide bonds. The highest BCUT2D eigenvalue weighted by atomic mass is 16.3. The number of nitrogens with one attached hydrogen (secondary N) is 3. The van der Waals surface area contributed by atoms with E-state index in [0.29, 0.717) is 29.6 Å². The molecule has 0 bridgehead atoms. The third-order valence-corrected chi connectivity index (χ3v) is 7.44. The number of anilines is 4. The van der Waals surface area contributed by atoms with Crippen LogP contribution in [0.2, 0.25) is 0 Å². The van der Waals surface area contributed by atoms with Crippen LogP contribution in [0, 0.1) is 13.8 Å². The Balaban J connectivity index is 1.22. The van der Waals surface area contributed by atoms with E-state index < -0.39 is 5.91 Å². The molecule has 12 nitrogen and oxygen atoms in total. The van der Waals surface area contributed by atoms with Crippen LogP contribution in [0.25, 0.3) is 22.2 Å². The van der Waals surface area contributed by atoms with E-state index in [9.17, 15) is 9.59 Å². The molecule has 0 atom stereocenters. The van der Waals surface area contributed by atoms with Crippen molar-refractivity contribution in [1.29, 1.82) is 0 Å². The number of carbonyl (C=O) groups excluding carboxylic acids is 2. The molecule has 0 spiro atoms. The van der Waals surface area contributed by atoms with Gasteiger partial charge < -0.3 is 24.9 Å². The van der Waals surface area contributed by atoms with Crippen molar-refractivity contribution < 1.29 is 14.0 Å². The minimum Gasteiger partial charge on any atom is -0.438 e. The van der Waals surface area contributed by atoms with Gasteiger partial charge in [0.1, 0.15) is 0 Å². The Kier molecular flexibility index (Phi) is 5.82. The number of oxazole rings is 1. The van der Waals surface area contributed by atoms with Crippen molar-refractivity contribution in [3.8, 4) is 11.3 Å². The summed E-state index contributed by atoms with van der Waals surface area (Å²) in [6, 6.07) is 13.0. The third-order valence-electron chi connectivity index (χ3n) is 7.44. The highest BCUT2D eigenvalue weighted by Gasteiger charge is 2.32. The molecule has 2 aromatic carbocycles. The maximum atomic E-state index is 13.6. The quantitative estimate of drug-likeness (QED) is 0.255. The van der Waals surface area contributed by atoms with Gasteiger partial charge in [-0.3, -0.25) is 14.3 Å². The van der Waals surface area contributed by atoms with Gasteiger partial charge in [0.2, 0.25) is 11.7 Å². The van der Waals surface area contributed by atoms with Crippen molar-refractivity contribution in [2.45, 2.75) is 20.4 Å². The molecule has 7 rings (SSSR count). The van der Waals surface area contributed by atoms with Crippen molar-refractivity contribution >= 4 is 45.9 Å². The third kappa shape index (κ3) is 4.17. The Morgan fingerprint density at radius 1 is 1.10 bits per heavy atom. The Morgan fingerprint density at radius 3 is 2.74 bits per heavy atom. The number of hydrogen-bond donors (Lipinski definition) is 3. The number of aromatic nitrogens is 6. The summed E-state index contributed by atoms with van der Waals surface area (Å²) in [4.78, 5) is 44.4. The van der Waals surface area contributed by atoms with Crippen molar-refractivity contribution in [1.82, 2.24) is 29.7 Å². The number of para-hydroxylation sites is 1. The van der Waals surface area contributed by atoms with Gasteiger partial charge in [-0.05, 0) is 37.6 Å². The molecule has 1 aliphatic heterocycles. The molecule has 5 heterocycles. The van der Waals surface area contributed by atoms with Gasteiger partial charge in [0, 0.05) is 59.0 Å². The minimum atomic E-state index is -0.435. The SMILES string of the molecule is Cc1cnc(Nc2cc(C)n(C)n2)nc1-c1c[nH]c2c(N3Cc4c(NC(=O)c5cnco5)cccc4C3=O)cccc12. The van der Waals surface area contributed by atoms with Crippen LogP contribution in [0.3, 0.4) is 0 Å². The van der Waals surface area contributed by atoms with Crippen molar-refractivity contribution in [2.24, 2.45) is 7.05 Å². The average molecular weight is 560 g/mol. The molecule has 4 aromatic heterocycles. The van der Waals surface area contributed by atoms with Crippen molar-refractivity contribution in [3.05, 3.63) is 95.6 Å². The normalized spacial score (nSPS) is 12.6. The highest BCUT2D eigenvalue weighted by Crippen LogP contribution is 2.39. The molecule has 42 heavy (non-hydrogen) atoms. The van der Waals surface area contributed by atoms with E-state index in [0.717, 1.165) is 44.7 Å². The molecule has 0 radical (unpaired) electrons. The summed E-state index contributed by atoms with van der Waals surface area (Å²) in [5.74, 6) is 0.597. The van der Waals surface area contributed by atoms with E-state index in [2.05, 4.69) is 30.7 Å². The monoisotopic (exact) mass is 559 g/mol. The van der Waals surface area contributed by atoms with Crippen LogP contribution < -0.4 is 15.5 Å². The van der Waals surface area contributed by atoms with Gasteiger partial charge in [0.05, 0.1) is 29.6 Å². The fourth-order valence-electron chi connectivity index (χ4n) is 5.23. The summed E-state index contributed by atoms with van der Waals surface area (Å²) in [6.07, 6.45) is 6.22. The molecular formula is C30H25N9O3. The highest BCUT2D eigenvalue weighted by molar-refractivity contribution is 6.16. The van der Waals surface area contributed by atoms with Crippen LogP contribution in [0.5, 0.6) is 0 Å². The van der Waals surface area contributed by atoms with E-state index in [1.807, 2.05) is 51.4 Å². The average Bonchev–Trinajstić information content (AvgIpc) is 3.78. The summed E-state index contributed by atoms with van der Waals surface area (Å²) in [5, 5.41) is 11.4. The van der Waals surface area contributed by atoms with E-state index in [-0.39, 0.29) is 11.7 Å². The standard InChI is InChI=1S/C30H25N9O3/c1-16-11-33-30(35-25-10-17(2)38(3)37-25)36-26(16)20-12-32-27-18(20)6-5-9-23(27)39-14-21-19(29(39)41)7-4-8-22(21)34-28(40)24-13-31-15-42-24/h4-13,15,32H,14H2,1-3H3,(H,34,40)(H,33,35,36,37). The Bertz CT molecular complexity index is 1990. The first-order valence-corrected chi connectivity index (χ1v) is 13.2. The zero-order chi connectivity index (χ0) is 29.0. The fourth-order valence-corrected chi connectivity index (χ4v) is 5.23. The van der Waals surface area contributed by atoms with Crippen molar-refractivity contribution in [2.75, 3.05) is 15.5 Å². The van der Waals surface area contributed by atoms with Crippen LogP contribution >= 0.6 is 0 Å². The Hall–Kier alpha value is -5.78. The van der Waals surface area contributed by atoms with Crippen molar-refractivity contribution in [3.63, 3.8) is 0 Å². The lowest BCUT2D eigenvalue weighted by atomic mass is 10.1. The lowest BCUT2D eigenvalue weighted by Crippen LogP contribution is -2.23. The summed E-state index contributed by atoms with van der Waals surface area (Å²) in [6.45, 7) is 4.23. The number of benzene rings is 2. The molecule has 12 heteroatoms. The van der Waals surface area contributed by atoms with Gasteiger partial charge in [-0.15, -0.1) is 0 Å². The van der Waals surface area contributed by atoms with Gasteiger partial charge in [-0.25, -0.2) is 15.0 Å². The number of carbonyl (C=O) groups is 2. The van der Waals surface area contributed by atoms with Gasteiger partial charge in [-0.2, -0.15) is 5.10 Å². The molecule has 1 aliphatic rings. The maximum Gasteiger partial charge on any atom is 0.293 e. The van der Waals surface area contributed by atoms with Crippen LogP contribution in [-0.2, 0) is 13.6 Å². The zero-order valence-corrected chi connectivity index (χ0v) is 23.0. The predicted molar refractivity (Wildman–Crippen MR) is 157 cm³/mol. The molecule has 6 aromatic rings. The van der Waals surface area contributed by atoms with Gasteiger partial charge in [0.25, 0.3) is 11.8 Å². The molecular weight excluding hydrogens is 534 g/mol. The van der Waals surface area contributed by atoms with Crippen LogP contribution in [0.1, 0.15) is 37.7 Å². The molecule has 0 unspecified atom stereocenters. The zero-order valence-electron chi connectivity index (χ0n) is 23.0. The number of aryl methyl sites for hydroxylation is 3. The number of fused-ring (bicyclic) bond motifs is 2.